The Morgan fingerprint density at radius 3 is 2.71 bits per heavy atom. The first-order chi connectivity index (χ1) is 16.8. The van der Waals surface area contributed by atoms with Gasteiger partial charge in [-0.15, -0.1) is 10.2 Å². The molecule has 0 bridgehead atoms. The molecule has 0 saturated carbocycles. The van der Waals surface area contributed by atoms with Crippen LogP contribution in [0.4, 0.5) is 11.5 Å². The number of nitrogens with zero attached hydrogens (tertiary/aromatic N) is 7. The lowest BCUT2D eigenvalue weighted by Crippen LogP contribution is -2.60. The monoisotopic (exact) mass is 479 g/mol. The number of para-hydroxylation sites is 1. The summed E-state index contributed by atoms with van der Waals surface area (Å²) in [5.74, 6) is 2.17. The molecule has 2 aliphatic heterocycles. The molecule has 4 atom stereocenters. The summed E-state index contributed by atoms with van der Waals surface area (Å²) < 4.78 is 5.75. The molecule has 184 valence electrons. The Kier molecular flexibility index (Phi) is 5.94. The molecule has 4 heterocycles. The molecule has 1 aromatic carbocycles. The van der Waals surface area contributed by atoms with Gasteiger partial charge in [-0.2, -0.15) is 4.80 Å². The van der Waals surface area contributed by atoms with Crippen molar-refractivity contribution in [2.24, 2.45) is 13.0 Å². The summed E-state index contributed by atoms with van der Waals surface area (Å²) in [4.78, 5) is 23.3. The van der Waals surface area contributed by atoms with Gasteiger partial charge in [-0.1, -0.05) is 6.07 Å². The van der Waals surface area contributed by atoms with Crippen LogP contribution in [0, 0.1) is 19.8 Å². The standard InChI is InChI=1S/C22H29N11O2/c1-11-9-16(24-12(2)23-11)26-17-10-15(18-21(27-17)29-32(3)22(18)34)25-14-8-6-7-13(19(14)35-5)20-28-31-33(4)30-20/h6-9,15,17-18,21,25,27,29H,10H2,1-5H3,(H,23,24,26). The van der Waals surface area contributed by atoms with Crippen molar-refractivity contribution in [2.75, 3.05) is 24.8 Å². The molecular formula is C22H29N11O2. The highest BCUT2D eigenvalue weighted by Gasteiger charge is 2.48. The van der Waals surface area contributed by atoms with Gasteiger partial charge in [0.2, 0.25) is 11.7 Å². The Labute approximate surface area is 202 Å². The molecule has 0 spiro atoms. The summed E-state index contributed by atoms with van der Waals surface area (Å²) in [6, 6.07) is 7.41. The maximum Gasteiger partial charge on any atom is 0.244 e. The van der Waals surface area contributed by atoms with Gasteiger partial charge >= 0.3 is 0 Å². The van der Waals surface area contributed by atoms with Crippen LogP contribution in [-0.4, -0.2) is 73.6 Å². The topological polar surface area (TPSA) is 147 Å². The second-order valence-electron chi connectivity index (χ2n) is 8.81. The number of methoxy groups -OCH3 is 1. The van der Waals surface area contributed by atoms with Crippen LogP contribution in [0.2, 0.25) is 0 Å². The third-order valence-electron chi connectivity index (χ3n) is 6.21. The molecule has 35 heavy (non-hydrogen) atoms. The summed E-state index contributed by atoms with van der Waals surface area (Å²) in [7, 11) is 5.05. The molecule has 2 fully saturated rings. The third kappa shape index (κ3) is 4.47. The first kappa shape index (κ1) is 22.9. The molecule has 0 aliphatic carbocycles. The van der Waals surface area contributed by atoms with Gasteiger partial charge in [0.05, 0.1) is 43.7 Å². The average Bonchev–Trinajstić information content (AvgIpc) is 3.35. The van der Waals surface area contributed by atoms with Crippen LogP contribution < -0.4 is 26.1 Å². The Bertz CT molecular complexity index is 1230. The largest absolute Gasteiger partial charge is 0.494 e. The van der Waals surface area contributed by atoms with E-state index in [0.29, 0.717) is 29.4 Å². The van der Waals surface area contributed by atoms with Gasteiger partial charge < -0.3 is 15.4 Å². The molecule has 3 aromatic rings. The second-order valence-corrected chi connectivity index (χ2v) is 8.81. The van der Waals surface area contributed by atoms with Crippen LogP contribution in [0.15, 0.2) is 24.3 Å². The zero-order valence-electron chi connectivity index (χ0n) is 20.3. The number of carbonyl (C=O) groups excluding carboxylic acids is 1. The molecular weight excluding hydrogens is 450 g/mol. The highest BCUT2D eigenvalue weighted by Crippen LogP contribution is 2.37. The van der Waals surface area contributed by atoms with Crippen molar-refractivity contribution in [1.82, 2.24) is 45.9 Å². The van der Waals surface area contributed by atoms with Crippen molar-refractivity contribution in [3.63, 3.8) is 0 Å². The number of hydrogen-bond donors (Lipinski definition) is 4. The van der Waals surface area contributed by atoms with Gasteiger partial charge in [-0.25, -0.2) is 15.4 Å². The number of nitrogens with one attached hydrogen (secondary N) is 4. The van der Waals surface area contributed by atoms with Gasteiger partial charge in [0.25, 0.3) is 0 Å². The number of aromatic nitrogens is 6. The lowest BCUT2D eigenvalue weighted by atomic mass is 9.88. The minimum absolute atomic E-state index is 0.0119. The van der Waals surface area contributed by atoms with E-state index in [4.69, 9.17) is 4.74 Å². The van der Waals surface area contributed by atoms with Crippen molar-refractivity contribution in [2.45, 2.75) is 38.6 Å². The Morgan fingerprint density at radius 2 is 2.00 bits per heavy atom. The average molecular weight is 480 g/mol. The van der Waals surface area contributed by atoms with E-state index in [1.54, 1.807) is 21.2 Å². The van der Waals surface area contributed by atoms with Crippen molar-refractivity contribution in [3.05, 3.63) is 35.8 Å². The SMILES string of the molecule is COc1c(NC2CC(Nc3cc(C)nc(C)n3)NC3NN(C)C(=O)C23)cccc1-c1nnn(C)n1. The normalized spacial score (nSPS) is 23.8. The maximum absolute atomic E-state index is 13.0. The molecule has 1 amide bonds. The number of anilines is 2. The molecule has 13 heteroatoms. The number of aryl methyl sites for hydroxylation is 3. The Hall–Kier alpha value is -3.84. The predicted octanol–water partition coefficient (Wildman–Crippen LogP) is 0.423. The quantitative estimate of drug-likeness (QED) is 0.390. The lowest BCUT2D eigenvalue weighted by Gasteiger charge is -2.39. The van der Waals surface area contributed by atoms with E-state index in [9.17, 15) is 4.79 Å². The summed E-state index contributed by atoms with van der Waals surface area (Å²) in [5.41, 5.74) is 5.57. The highest BCUT2D eigenvalue weighted by atomic mass is 16.5. The number of fused-ring (bicyclic) bond motifs is 1. The summed E-state index contributed by atoms with van der Waals surface area (Å²) in [6.45, 7) is 3.80. The lowest BCUT2D eigenvalue weighted by molar-refractivity contribution is -0.131. The molecule has 2 aliphatic rings. The fourth-order valence-corrected chi connectivity index (χ4v) is 4.81. The number of tetrazole rings is 1. The van der Waals surface area contributed by atoms with E-state index in [1.807, 2.05) is 38.1 Å². The Balaban J connectivity index is 1.44. The fraction of sp³-hybridized carbons (Fsp3) is 0.455. The maximum atomic E-state index is 13.0. The van der Waals surface area contributed by atoms with E-state index in [-0.39, 0.29) is 30.2 Å². The number of benzene rings is 1. The molecule has 4 N–H and O–H groups in total. The summed E-state index contributed by atoms with van der Waals surface area (Å²) >= 11 is 0. The number of piperidine rings is 1. The number of rotatable bonds is 6. The minimum Gasteiger partial charge on any atom is -0.494 e. The van der Waals surface area contributed by atoms with Crippen LogP contribution in [0.1, 0.15) is 17.9 Å². The highest BCUT2D eigenvalue weighted by molar-refractivity contribution is 5.83. The van der Waals surface area contributed by atoms with E-state index >= 15 is 0 Å². The van der Waals surface area contributed by atoms with Crippen molar-refractivity contribution in [1.29, 1.82) is 0 Å². The number of ether oxygens (including phenoxy) is 1. The fourth-order valence-electron chi connectivity index (χ4n) is 4.81. The van der Waals surface area contributed by atoms with Gasteiger partial charge in [0.1, 0.15) is 11.6 Å². The van der Waals surface area contributed by atoms with Gasteiger partial charge in [0.15, 0.2) is 5.75 Å². The number of carbonyl (C=O) groups is 1. The van der Waals surface area contributed by atoms with Crippen LogP contribution >= 0.6 is 0 Å². The minimum atomic E-state index is -0.324. The number of amides is 1. The van der Waals surface area contributed by atoms with E-state index in [1.165, 1.54) is 9.81 Å². The molecule has 4 unspecified atom stereocenters. The zero-order valence-corrected chi connectivity index (χ0v) is 20.3. The van der Waals surface area contributed by atoms with Crippen molar-refractivity contribution in [3.8, 4) is 17.1 Å². The second kappa shape index (κ2) is 9.07. The number of hydrogen-bond acceptors (Lipinski definition) is 11. The van der Waals surface area contributed by atoms with Gasteiger partial charge in [-0.3, -0.25) is 15.1 Å². The van der Waals surface area contributed by atoms with Crippen molar-refractivity contribution >= 4 is 17.4 Å². The summed E-state index contributed by atoms with van der Waals surface area (Å²) in [6.07, 6.45) is 0.211. The van der Waals surface area contributed by atoms with Gasteiger partial charge in [-0.05, 0) is 31.2 Å². The third-order valence-corrected chi connectivity index (χ3v) is 6.21. The van der Waals surface area contributed by atoms with Crippen LogP contribution in [0.25, 0.3) is 11.4 Å². The first-order valence-electron chi connectivity index (χ1n) is 11.4. The molecule has 13 nitrogen and oxygen atoms in total. The Morgan fingerprint density at radius 1 is 1.17 bits per heavy atom. The molecule has 2 saturated heterocycles. The van der Waals surface area contributed by atoms with E-state index in [2.05, 4.69) is 46.8 Å². The van der Waals surface area contributed by atoms with E-state index in [0.717, 1.165) is 17.2 Å². The van der Waals surface area contributed by atoms with Crippen LogP contribution in [-0.2, 0) is 11.8 Å². The van der Waals surface area contributed by atoms with Crippen LogP contribution in [0.3, 0.4) is 0 Å². The first-order valence-corrected chi connectivity index (χ1v) is 11.4. The zero-order chi connectivity index (χ0) is 24.7. The van der Waals surface area contributed by atoms with Crippen LogP contribution in [0.5, 0.6) is 5.75 Å². The van der Waals surface area contributed by atoms with Crippen molar-refractivity contribution < 1.29 is 9.53 Å². The summed E-state index contributed by atoms with van der Waals surface area (Å²) in [5, 5.41) is 24.4. The smallest absolute Gasteiger partial charge is 0.244 e. The molecule has 5 rings (SSSR count). The van der Waals surface area contributed by atoms with Gasteiger partial charge in [0, 0.05) is 31.3 Å². The molecule has 2 aromatic heterocycles. The van der Waals surface area contributed by atoms with E-state index < -0.39 is 0 Å². The molecule has 0 radical (unpaired) electrons. The number of hydrazine groups is 1. The predicted molar refractivity (Wildman–Crippen MR) is 128 cm³/mol.